The monoisotopic (exact) mass is 413 g/mol. The zero-order chi connectivity index (χ0) is 21.1. The van der Waals surface area contributed by atoms with Crippen molar-refractivity contribution in [3.05, 3.63) is 65.5 Å². The lowest BCUT2D eigenvalue weighted by Gasteiger charge is -2.17. The standard InChI is InChI=1S/C18H18F3N3O3S/c1-11-8-12(5-6-15(11)28(2,26)27)16(22)24-17(25)14(9-18(19,20)21)13-4-3-7-23-10-13/h3-10,16H,22H2,1-2H3,(H,24,25). The van der Waals surface area contributed by atoms with E-state index in [9.17, 15) is 26.4 Å². The number of nitrogens with zero attached hydrogens (tertiary/aromatic N) is 1. The van der Waals surface area contributed by atoms with Crippen molar-refractivity contribution in [1.82, 2.24) is 10.3 Å². The Morgan fingerprint density at radius 3 is 2.46 bits per heavy atom. The largest absolute Gasteiger partial charge is 0.410 e. The number of carbonyl (C=O) groups is 1. The Morgan fingerprint density at radius 1 is 1.29 bits per heavy atom. The molecule has 0 aliphatic heterocycles. The molecular formula is C18H18F3N3O3S. The van der Waals surface area contributed by atoms with Crippen LogP contribution in [0.4, 0.5) is 13.2 Å². The van der Waals surface area contributed by atoms with Crippen LogP contribution < -0.4 is 11.1 Å². The highest BCUT2D eigenvalue weighted by Crippen LogP contribution is 2.25. The molecule has 0 aliphatic carbocycles. The molecule has 2 aromatic rings. The minimum Gasteiger partial charge on any atom is -0.333 e. The third-order valence-electron chi connectivity index (χ3n) is 3.77. The molecular weight excluding hydrogens is 395 g/mol. The molecule has 10 heteroatoms. The molecule has 1 aromatic heterocycles. The number of pyridine rings is 1. The number of carbonyl (C=O) groups excluding carboxylic acids is 1. The van der Waals surface area contributed by atoms with Gasteiger partial charge in [0.05, 0.1) is 10.5 Å². The third kappa shape index (κ3) is 5.64. The van der Waals surface area contributed by atoms with E-state index < -0.39 is 33.7 Å². The molecule has 0 spiro atoms. The Bertz CT molecular complexity index is 1000. The summed E-state index contributed by atoms with van der Waals surface area (Å²) in [5, 5.41) is 2.30. The topological polar surface area (TPSA) is 102 Å². The summed E-state index contributed by atoms with van der Waals surface area (Å²) in [4.78, 5) is 16.3. The number of hydrogen-bond donors (Lipinski definition) is 2. The quantitative estimate of drug-likeness (QED) is 0.579. The first-order chi connectivity index (χ1) is 12.9. The van der Waals surface area contributed by atoms with Gasteiger partial charge in [0.15, 0.2) is 9.84 Å². The number of nitrogens with two attached hydrogens (primary N) is 1. The van der Waals surface area contributed by atoms with Crippen LogP contribution in [-0.2, 0) is 14.6 Å². The van der Waals surface area contributed by atoms with Crippen LogP contribution in [0.25, 0.3) is 5.57 Å². The second kappa shape index (κ2) is 8.11. The van der Waals surface area contributed by atoms with Gasteiger partial charge in [-0.05, 0) is 30.2 Å². The summed E-state index contributed by atoms with van der Waals surface area (Å²) in [5.74, 6) is -1.04. The van der Waals surface area contributed by atoms with Crippen LogP contribution in [0.2, 0.25) is 0 Å². The molecule has 150 valence electrons. The number of allylic oxidation sites excluding steroid dienone is 1. The number of amides is 1. The third-order valence-corrected chi connectivity index (χ3v) is 5.03. The molecule has 0 radical (unpaired) electrons. The van der Waals surface area contributed by atoms with Crippen LogP contribution >= 0.6 is 0 Å². The van der Waals surface area contributed by atoms with Gasteiger partial charge in [-0.1, -0.05) is 18.2 Å². The molecule has 1 aromatic carbocycles. The normalized spacial score (nSPS) is 13.9. The molecule has 2 rings (SSSR count). The minimum atomic E-state index is -4.72. The lowest BCUT2D eigenvalue weighted by atomic mass is 10.1. The first-order valence-corrected chi connectivity index (χ1v) is 9.84. The summed E-state index contributed by atoms with van der Waals surface area (Å²) in [6, 6.07) is 6.91. The average molecular weight is 413 g/mol. The number of hydrogen-bond acceptors (Lipinski definition) is 5. The highest BCUT2D eigenvalue weighted by molar-refractivity contribution is 7.90. The van der Waals surface area contributed by atoms with Gasteiger partial charge in [0.25, 0.3) is 5.91 Å². The first-order valence-electron chi connectivity index (χ1n) is 7.95. The van der Waals surface area contributed by atoms with Crippen molar-refractivity contribution in [2.75, 3.05) is 6.26 Å². The predicted molar refractivity (Wildman–Crippen MR) is 97.6 cm³/mol. The molecule has 0 bridgehead atoms. The number of rotatable bonds is 5. The van der Waals surface area contributed by atoms with E-state index in [1.807, 2.05) is 0 Å². The van der Waals surface area contributed by atoms with E-state index in [0.29, 0.717) is 11.1 Å². The Hall–Kier alpha value is -2.72. The van der Waals surface area contributed by atoms with E-state index in [0.717, 1.165) is 12.5 Å². The molecule has 0 aliphatic rings. The van der Waals surface area contributed by atoms with Gasteiger partial charge in [-0.25, -0.2) is 8.42 Å². The van der Waals surface area contributed by atoms with Gasteiger partial charge >= 0.3 is 6.18 Å². The fraction of sp³-hybridized carbons (Fsp3) is 0.222. The van der Waals surface area contributed by atoms with Crippen LogP contribution in [0.15, 0.2) is 53.7 Å². The summed E-state index contributed by atoms with van der Waals surface area (Å²) < 4.78 is 61.9. The van der Waals surface area contributed by atoms with Gasteiger partial charge in [-0.15, -0.1) is 0 Å². The number of halogens is 3. The van der Waals surface area contributed by atoms with Crippen molar-refractivity contribution < 1.29 is 26.4 Å². The number of aryl methyl sites for hydroxylation is 1. The number of sulfone groups is 1. The first kappa shape index (κ1) is 21.6. The van der Waals surface area contributed by atoms with Gasteiger partial charge in [-0.3, -0.25) is 9.78 Å². The van der Waals surface area contributed by atoms with Crippen molar-refractivity contribution in [3.8, 4) is 0 Å². The molecule has 0 saturated carbocycles. The van der Waals surface area contributed by atoms with Crippen molar-refractivity contribution in [2.24, 2.45) is 5.73 Å². The molecule has 28 heavy (non-hydrogen) atoms. The summed E-state index contributed by atoms with van der Waals surface area (Å²) in [7, 11) is -3.44. The van der Waals surface area contributed by atoms with E-state index in [2.05, 4.69) is 10.3 Å². The Morgan fingerprint density at radius 2 is 1.96 bits per heavy atom. The van der Waals surface area contributed by atoms with Crippen LogP contribution in [0, 0.1) is 6.92 Å². The van der Waals surface area contributed by atoms with Crippen molar-refractivity contribution in [1.29, 1.82) is 0 Å². The molecule has 1 heterocycles. The highest BCUT2D eigenvalue weighted by Gasteiger charge is 2.28. The van der Waals surface area contributed by atoms with E-state index in [1.165, 1.54) is 36.5 Å². The van der Waals surface area contributed by atoms with E-state index in [-0.39, 0.29) is 16.5 Å². The predicted octanol–water partition coefficient (Wildman–Crippen LogP) is 2.51. The average Bonchev–Trinajstić information content (AvgIpc) is 2.58. The maximum absolute atomic E-state index is 12.9. The second-order valence-corrected chi connectivity index (χ2v) is 8.07. The van der Waals surface area contributed by atoms with Crippen molar-refractivity contribution in [2.45, 2.75) is 24.2 Å². The second-order valence-electron chi connectivity index (χ2n) is 6.09. The van der Waals surface area contributed by atoms with Gasteiger partial charge in [0.1, 0.15) is 6.17 Å². The highest BCUT2D eigenvalue weighted by atomic mass is 32.2. The maximum atomic E-state index is 12.9. The summed E-state index contributed by atoms with van der Waals surface area (Å²) in [6.45, 7) is 1.55. The fourth-order valence-corrected chi connectivity index (χ4v) is 3.51. The molecule has 3 N–H and O–H groups in total. The zero-order valence-corrected chi connectivity index (χ0v) is 15.8. The van der Waals surface area contributed by atoms with Gasteiger partial charge < -0.3 is 11.1 Å². The SMILES string of the molecule is Cc1cc(C(N)NC(=O)C(=CC(F)(F)F)c2cccnc2)ccc1S(C)(=O)=O. The van der Waals surface area contributed by atoms with Gasteiger partial charge in [0.2, 0.25) is 0 Å². The number of benzene rings is 1. The molecule has 1 unspecified atom stereocenters. The van der Waals surface area contributed by atoms with Crippen molar-refractivity contribution >= 4 is 21.3 Å². The number of alkyl halides is 3. The van der Waals surface area contributed by atoms with E-state index in [1.54, 1.807) is 6.92 Å². The van der Waals surface area contributed by atoms with Crippen LogP contribution in [0.3, 0.4) is 0 Å². The minimum absolute atomic E-state index is 0.0203. The Balaban J connectivity index is 2.31. The summed E-state index contributed by atoms with van der Waals surface area (Å²) in [5.41, 5.74) is 5.99. The molecule has 0 saturated heterocycles. The van der Waals surface area contributed by atoms with Crippen LogP contribution in [0.1, 0.15) is 22.9 Å². The molecule has 1 atom stereocenters. The summed E-state index contributed by atoms with van der Waals surface area (Å²) in [6.07, 6.45) is -2.44. The Kier molecular flexibility index (Phi) is 6.25. The maximum Gasteiger partial charge on any atom is 0.410 e. The van der Waals surface area contributed by atoms with E-state index >= 15 is 0 Å². The van der Waals surface area contributed by atoms with Gasteiger partial charge in [-0.2, -0.15) is 13.2 Å². The molecule has 1 amide bonds. The lowest BCUT2D eigenvalue weighted by molar-refractivity contribution is -0.117. The molecule has 6 nitrogen and oxygen atoms in total. The fourth-order valence-electron chi connectivity index (χ4n) is 2.55. The van der Waals surface area contributed by atoms with Gasteiger partial charge in [0, 0.05) is 30.3 Å². The summed E-state index contributed by atoms with van der Waals surface area (Å²) >= 11 is 0. The Labute approximate surface area is 160 Å². The van der Waals surface area contributed by atoms with Crippen LogP contribution in [0.5, 0.6) is 0 Å². The van der Waals surface area contributed by atoms with Crippen LogP contribution in [-0.4, -0.2) is 31.7 Å². The van der Waals surface area contributed by atoms with Crippen molar-refractivity contribution in [3.63, 3.8) is 0 Å². The number of aromatic nitrogens is 1. The lowest BCUT2D eigenvalue weighted by Crippen LogP contribution is -2.35. The van der Waals surface area contributed by atoms with E-state index in [4.69, 9.17) is 5.73 Å². The zero-order valence-electron chi connectivity index (χ0n) is 15.0. The smallest absolute Gasteiger partial charge is 0.333 e. The molecule has 0 fully saturated rings. The number of nitrogens with one attached hydrogen (secondary N) is 1.